The highest BCUT2D eigenvalue weighted by Crippen LogP contribution is 2.20. The molecule has 0 saturated carbocycles. The van der Waals surface area contributed by atoms with E-state index >= 15 is 0 Å². The first kappa shape index (κ1) is 23.8. The molecule has 29 heavy (non-hydrogen) atoms. The average Bonchev–Trinajstić information content (AvgIpc) is 2.65. The van der Waals surface area contributed by atoms with Crippen molar-refractivity contribution in [2.45, 2.75) is 56.7 Å². The van der Waals surface area contributed by atoms with Gasteiger partial charge in [-0.25, -0.2) is 26.3 Å². The zero-order valence-corrected chi connectivity index (χ0v) is 19.0. The number of carbonyl (C=O) groups is 1. The maximum absolute atomic E-state index is 12.8. The lowest BCUT2D eigenvalue weighted by Gasteiger charge is -2.33. The average molecular weight is 446 g/mol. The van der Waals surface area contributed by atoms with Crippen molar-refractivity contribution < 1.29 is 21.6 Å². The number of nitrogens with one attached hydrogen (secondary N) is 2. The summed E-state index contributed by atoms with van der Waals surface area (Å²) < 4.78 is 53.4. The van der Waals surface area contributed by atoms with Gasteiger partial charge in [0, 0.05) is 31.2 Å². The van der Waals surface area contributed by atoms with Crippen LogP contribution in [-0.4, -0.2) is 58.6 Å². The summed E-state index contributed by atoms with van der Waals surface area (Å²) >= 11 is 0. The van der Waals surface area contributed by atoms with Crippen LogP contribution in [0.3, 0.4) is 0 Å². The molecule has 0 unspecified atom stereocenters. The smallest absolute Gasteiger partial charge is 0.253 e. The molecule has 1 aromatic carbocycles. The van der Waals surface area contributed by atoms with E-state index in [2.05, 4.69) is 9.44 Å². The number of sulfonamides is 2. The number of benzene rings is 1. The summed E-state index contributed by atoms with van der Waals surface area (Å²) in [5.41, 5.74) is 0.414. The van der Waals surface area contributed by atoms with Gasteiger partial charge in [-0.3, -0.25) is 4.79 Å². The largest absolute Gasteiger partial charge is 0.338 e. The first-order valence-corrected chi connectivity index (χ1v) is 12.9. The molecule has 0 spiro atoms. The first-order valence-electron chi connectivity index (χ1n) is 9.82. The van der Waals surface area contributed by atoms with E-state index in [-0.39, 0.29) is 22.8 Å². The van der Waals surface area contributed by atoms with Crippen molar-refractivity contribution in [3.8, 4) is 0 Å². The monoisotopic (exact) mass is 445 g/mol. The summed E-state index contributed by atoms with van der Waals surface area (Å²) in [7, 11) is -6.94. The van der Waals surface area contributed by atoms with Crippen molar-refractivity contribution >= 4 is 26.0 Å². The number of carbonyl (C=O) groups excluding carboxylic acids is 1. The molecule has 2 rings (SSSR count). The molecular formula is C19H31N3O5S2. The number of likely N-dealkylation sites (tertiary alicyclic amines) is 1. The van der Waals surface area contributed by atoms with Crippen molar-refractivity contribution in [1.82, 2.24) is 14.3 Å². The Hall–Kier alpha value is -1.49. The van der Waals surface area contributed by atoms with Crippen LogP contribution in [0.25, 0.3) is 0 Å². The molecule has 0 bridgehead atoms. The summed E-state index contributed by atoms with van der Waals surface area (Å²) in [5.74, 6) is -0.127. The third kappa shape index (κ3) is 6.50. The first-order chi connectivity index (χ1) is 13.4. The Balaban J connectivity index is 2.02. The van der Waals surface area contributed by atoms with Crippen LogP contribution >= 0.6 is 0 Å². The van der Waals surface area contributed by atoms with Crippen molar-refractivity contribution in [2.24, 2.45) is 5.92 Å². The van der Waals surface area contributed by atoms with E-state index in [1.54, 1.807) is 32.6 Å². The van der Waals surface area contributed by atoms with Gasteiger partial charge in [-0.2, -0.15) is 0 Å². The van der Waals surface area contributed by atoms with Gasteiger partial charge in [-0.15, -0.1) is 0 Å². The second-order valence-electron chi connectivity index (χ2n) is 8.00. The topological polar surface area (TPSA) is 113 Å². The van der Waals surface area contributed by atoms with Crippen LogP contribution in [0, 0.1) is 5.92 Å². The van der Waals surface area contributed by atoms with E-state index in [4.69, 9.17) is 0 Å². The number of hydrogen-bond acceptors (Lipinski definition) is 5. The minimum Gasteiger partial charge on any atom is -0.338 e. The molecule has 1 fully saturated rings. The van der Waals surface area contributed by atoms with E-state index in [0.717, 1.165) is 12.8 Å². The van der Waals surface area contributed by atoms with Crippen molar-refractivity contribution in [3.63, 3.8) is 0 Å². The van der Waals surface area contributed by atoms with E-state index in [9.17, 15) is 21.6 Å². The molecule has 0 aromatic heterocycles. The van der Waals surface area contributed by atoms with Gasteiger partial charge >= 0.3 is 0 Å². The van der Waals surface area contributed by atoms with Gasteiger partial charge in [0.15, 0.2) is 0 Å². The zero-order valence-electron chi connectivity index (χ0n) is 17.4. The fourth-order valence-corrected chi connectivity index (χ4v) is 5.21. The third-order valence-electron chi connectivity index (χ3n) is 4.80. The lowest BCUT2D eigenvalue weighted by Crippen LogP contribution is -2.44. The maximum Gasteiger partial charge on any atom is 0.253 e. The fourth-order valence-electron chi connectivity index (χ4n) is 3.15. The summed E-state index contributed by atoms with van der Waals surface area (Å²) in [6.45, 7) is 8.10. The molecule has 2 N–H and O–H groups in total. The number of nitrogens with zero attached hydrogens (tertiary/aromatic N) is 1. The van der Waals surface area contributed by atoms with Crippen molar-refractivity contribution in [2.75, 3.05) is 19.6 Å². The molecule has 1 heterocycles. The highest BCUT2D eigenvalue weighted by molar-refractivity contribution is 7.90. The molecule has 10 heteroatoms. The van der Waals surface area contributed by atoms with Gasteiger partial charge in [0.2, 0.25) is 20.0 Å². The molecule has 0 radical (unpaired) electrons. The number of piperidine rings is 1. The lowest BCUT2D eigenvalue weighted by molar-refractivity contribution is 0.0676. The normalized spacial score (nSPS) is 18.4. The van der Waals surface area contributed by atoms with Crippen LogP contribution in [0.15, 0.2) is 29.2 Å². The Morgan fingerprint density at radius 1 is 1.10 bits per heavy atom. The predicted octanol–water partition coefficient (Wildman–Crippen LogP) is 1.55. The van der Waals surface area contributed by atoms with Gasteiger partial charge in [0.05, 0.1) is 10.1 Å². The molecular weight excluding hydrogens is 414 g/mol. The highest BCUT2D eigenvalue weighted by atomic mass is 32.2. The highest BCUT2D eigenvalue weighted by Gasteiger charge is 2.26. The Bertz CT molecular complexity index is 910. The van der Waals surface area contributed by atoms with Crippen LogP contribution in [0.5, 0.6) is 0 Å². The molecule has 0 aliphatic carbocycles. The van der Waals surface area contributed by atoms with Crippen molar-refractivity contribution in [1.29, 1.82) is 0 Å². The Morgan fingerprint density at radius 3 is 2.28 bits per heavy atom. The molecule has 1 atom stereocenters. The number of amides is 1. The Labute approximate surface area is 174 Å². The summed E-state index contributed by atoms with van der Waals surface area (Å²) in [4.78, 5) is 14.6. The van der Waals surface area contributed by atoms with E-state index in [1.807, 2.05) is 0 Å². The summed E-state index contributed by atoms with van der Waals surface area (Å²) in [6, 6.07) is 5.66. The third-order valence-corrected chi connectivity index (χ3v) is 8.29. The van der Waals surface area contributed by atoms with Crippen molar-refractivity contribution in [3.05, 3.63) is 29.8 Å². The zero-order chi connectivity index (χ0) is 21.8. The molecule has 1 amide bonds. The number of hydrogen-bond donors (Lipinski definition) is 2. The summed E-state index contributed by atoms with van der Waals surface area (Å²) in [5, 5.41) is -0.496. The maximum atomic E-state index is 12.8. The van der Waals surface area contributed by atoms with Gasteiger partial charge in [0.1, 0.15) is 0 Å². The van der Waals surface area contributed by atoms with Crippen LogP contribution in [0.4, 0.5) is 0 Å². The fraction of sp³-hybridized carbons (Fsp3) is 0.632. The van der Waals surface area contributed by atoms with Gasteiger partial charge in [-0.05, 0) is 70.7 Å². The van der Waals surface area contributed by atoms with Crippen LogP contribution in [0.2, 0.25) is 0 Å². The summed E-state index contributed by atoms with van der Waals surface area (Å²) in [6.07, 6.45) is 1.65. The molecule has 8 nitrogen and oxygen atoms in total. The molecule has 164 valence electrons. The van der Waals surface area contributed by atoms with E-state index in [1.165, 1.54) is 24.3 Å². The lowest BCUT2D eigenvalue weighted by atomic mass is 9.97. The molecule has 1 saturated heterocycles. The van der Waals surface area contributed by atoms with Crippen LogP contribution in [0.1, 0.15) is 50.9 Å². The molecule has 1 aromatic rings. The van der Waals surface area contributed by atoms with E-state index < -0.39 is 25.3 Å². The molecule has 1 aliphatic rings. The SMILES string of the molecule is CC(C)NS(=O)(=O)c1ccc(C(=O)N2CCC[C@H](CNS(=O)(=O)C(C)C)C2)cc1. The van der Waals surface area contributed by atoms with Crippen LogP contribution in [-0.2, 0) is 20.0 Å². The minimum atomic E-state index is -3.60. The Morgan fingerprint density at radius 2 is 1.72 bits per heavy atom. The van der Waals surface area contributed by atoms with Crippen LogP contribution < -0.4 is 9.44 Å². The minimum absolute atomic E-state index is 0.0520. The van der Waals surface area contributed by atoms with Gasteiger partial charge < -0.3 is 4.90 Å². The predicted molar refractivity (Wildman–Crippen MR) is 113 cm³/mol. The van der Waals surface area contributed by atoms with E-state index in [0.29, 0.717) is 25.2 Å². The number of rotatable bonds is 8. The molecule has 1 aliphatic heterocycles. The van der Waals surface area contributed by atoms with Gasteiger partial charge in [-0.1, -0.05) is 0 Å². The second kappa shape index (κ2) is 9.55. The van der Waals surface area contributed by atoms with Gasteiger partial charge in [0.25, 0.3) is 5.91 Å². The standard InChI is InChI=1S/C19H31N3O5S2/c1-14(2)21-29(26,27)18-9-7-17(8-10-18)19(23)22-11-5-6-16(13-22)12-20-28(24,25)15(3)4/h7-10,14-16,20-21H,5-6,11-13H2,1-4H3/t16-/m1/s1. The second-order valence-corrected chi connectivity index (χ2v) is 12.0. The quantitative estimate of drug-likeness (QED) is 0.630. The Kier molecular flexibility index (Phi) is 7.83.